The van der Waals surface area contributed by atoms with E-state index in [2.05, 4.69) is 5.16 Å². The predicted molar refractivity (Wildman–Crippen MR) is 107 cm³/mol. The summed E-state index contributed by atoms with van der Waals surface area (Å²) in [7, 11) is 0. The molecule has 0 radical (unpaired) electrons. The molecule has 1 aliphatic heterocycles. The summed E-state index contributed by atoms with van der Waals surface area (Å²) in [6.45, 7) is 1.52. The van der Waals surface area contributed by atoms with Crippen molar-refractivity contribution in [1.29, 1.82) is 0 Å². The maximum atomic E-state index is 13.2. The van der Waals surface area contributed by atoms with Gasteiger partial charge in [0.05, 0.1) is 18.8 Å². The summed E-state index contributed by atoms with van der Waals surface area (Å²) in [6.07, 6.45) is 1.67. The van der Waals surface area contributed by atoms with E-state index in [0.717, 1.165) is 22.6 Å². The first-order valence-corrected chi connectivity index (χ1v) is 9.87. The largest absolute Gasteiger partial charge is 0.494 e. The summed E-state index contributed by atoms with van der Waals surface area (Å²) >= 11 is 5.85. The Labute approximate surface area is 173 Å². The Morgan fingerprint density at radius 3 is 2.69 bits per heavy atom. The molecule has 29 heavy (non-hydrogen) atoms. The fourth-order valence-corrected chi connectivity index (χ4v) is 3.48. The summed E-state index contributed by atoms with van der Waals surface area (Å²) in [5.41, 5.74) is 2.51. The number of carbonyl (C=O) groups excluding carboxylic acids is 1. The van der Waals surface area contributed by atoms with Crippen LogP contribution in [0.5, 0.6) is 5.75 Å². The molecule has 0 fully saturated rings. The third-order valence-corrected chi connectivity index (χ3v) is 5.17. The molecule has 0 N–H and O–H groups in total. The lowest BCUT2D eigenvalue weighted by molar-refractivity contribution is -0.132. The fraction of sp³-hybridized carbons (Fsp3) is 0.273. The van der Waals surface area contributed by atoms with Gasteiger partial charge in [0.15, 0.2) is 5.76 Å². The minimum absolute atomic E-state index is 0.0709. The Balaban J connectivity index is 1.33. The maximum Gasteiger partial charge on any atom is 0.223 e. The van der Waals surface area contributed by atoms with E-state index in [1.54, 1.807) is 36.4 Å². The van der Waals surface area contributed by atoms with E-state index >= 15 is 0 Å². The minimum Gasteiger partial charge on any atom is -0.494 e. The van der Waals surface area contributed by atoms with Crippen LogP contribution in [0, 0.1) is 5.82 Å². The van der Waals surface area contributed by atoms with Gasteiger partial charge in [-0.15, -0.1) is 0 Å². The first-order valence-electron chi connectivity index (χ1n) is 9.49. The molecule has 4 rings (SSSR count). The lowest BCUT2D eigenvalue weighted by Gasteiger charge is -2.26. The van der Waals surface area contributed by atoms with Crippen molar-refractivity contribution in [3.63, 3.8) is 0 Å². The number of amides is 1. The molecule has 0 atom stereocenters. The van der Waals surface area contributed by atoms with E-state index in [1.807, 2.05) is 4.90 Å². The highest BCUT2D eigenvalue weighted by molar-refractivity contribution is 6.30. The van der Waals surface area contributed by atoms with Gasteiger partial charge in [-0.2, -0.15) is 0 Å². The number of aromatic nitrogens is 1. The first-order chi connectivity index (χ1) is 14.1. The van der Waals surface area contributed by atoms with Crippen LogP contribution in [-0.2, 0) is 17.8 Å². The molecule has 0 bridgehead atoms. The van der Waals surface area contributed by atoms with Crippen LogP contribution >= 0.6 is 11.6 Å². The molecule has 1 aromatic heterocycles. The van der Waals surface area contributed by atoms with Crippen LogP contribution in [0.25, 0.3) is 11.3 Å². The lowest BCUT2D eigenvalue weighted by atomic mass is 10.0. The Morgan fingerprint density at radius 2 is 1.93 bits per heavy atom. The van der Waals surface area contributed by atoms with Gasteiger partial charge in [0, 0.05) is 35.5 Å². The van der Waals surface area contributed by atoms with Crippen molar-refractivity contribution in [3.8, 4) is 17.1 Å². The van der Waals surface area contributed by atoms with Gasteiger partial charge in [-0.3, -0.25) is 4.79 Å². The van der Waals surface area contributed by atoms with Crippen LogP contribution in [0.2, 0.25) is 5.02 Å². The molecule has 2 aromatic carbocycles. The van der Waals surface area contributed by atoms with E-state index in [9.17, 15) is 9.18 Å². The van der Waals surface area contributed by atoms with Crippen molar-refractivity contribution in [2.24, 2.45) is 0 Å². The minimum atomic E-state index is -0.306. The molecule has 0 aliphatic carbocycles. The SMILES string of the molecule is O=C(CCCOc1ccc(Cl)cc1)N1CCc2noc(-c3ccc(F)cc3)c2C1. The maximum absolute atomic E-state index is 13.2. The third kappa shape index (κ3) is 4.59. The average Bonchev–Trinajstić information content (AvgIpc) is 3.16. The quantitative estimate of drug-likeness (QED) is 0.539. The van der Waals surface area contributed by atoms with Gasteiger partial charge in [-0.05, 0) is 55.0 Å². The van der Waals surface area contributed by atoms with Crippen LogP contribution in [0.1, 0.15) is 24.1 Å². The molecule has 150 valence electrons. The molecule has 1 amide bonds. The number of benzene rings is 2. The smallest absolute Gasteiger partial charge is 0.223 e. The highest BCUT2D eigenvalue weighted by Gasteiger charge is 2.27. The van der Waals surface area contributed by atoms with Gasteiger partial charge in [0.2, 0.25) is 5.91 Å². The molecule has 0 saturated carbocycles. The van der Waals surface area contributed by atoms with Crippen molar-refractivity contribution >= 4 is 17.5 Å². The molecular weight excluding hydrogens is 395 g/mol. The molecule has 3 aromatic rings. The summed E-state index contributed by atoms with van der Waals surface area (Å²) < 4.78 is 24.3. The highest BCUT2D eigenvalue weighted by Crippen LogP contribution is 2.30. The number of halogens is 2. The number of ether oxygens (including phenoxy) is 1. The molecule has 0 spiro atoms. The second-order valence-electron chi connectivity index (χ2n) is 6.92. The molecule has 7 heteroatoms. The Hall–Kier alpha value is -2.86. The van der Waals surface area contributed by atoms with Crippen LogP contribution in [0.3, 0.4) is 0 Å². The number of carbonyl (C=O) groups is 1. The zero-order valence-electron chi connectivity index (χ0n) is 15.7. The van der Waals surface area contributed by atoms with Gasteiger partial charge in [-0.25, -0.2) is 4.39 Å². The second kappa shape index (κ2) is 8.66. The molecule has 0 saturated heterocycles. The Bertz CT molecular complexity index is 986. The monoisotopic (exact) mass is 414 g/mol. The van der Waals surface area contributed by atoms with Crippen molar-refractivity contribution in [2.75, 3.05) is 13.2 Å². The zero-order chi connectivity index (χ0) is 20.2. The number of fused-ring (bicyclic) bond motifs is 1. The molecule has 1 aliphatic rings. The summed E-state index contributed by atoms with van der Waals surface area (Å²) in [5.74, 6) is 1.10. The summed E-state index contributed by atoms with van der Waals surface area (Å²) in [4.78, 5) is 14.4. The van der Waals surface area contributed by atoms with Crippen LogP contribution in [0.4, 0.5) is 4.39 Å². The topological polar surface area (TPSA) is 55.6 Å². The van der Waals surface area contributed by atoms with Crippen molar-refractivity contribution in [1.82, 2.24) is 10.1 Å². The number of rotatable bonds is 6. The van der Waals surface area contributed by atoms with Crippen molar-refractivity contribution in [3.05, 3.63) is 70.6 Å². The second-order valence-corrected chi connectivity index (χ2v) is 7.35. The number of nitrogens with zero attached hydrogens (tertiary/aromatic N) is 2. The van der Waals surface area contributed by atoms with E-state index < -0.39 is 0 Å². The molecular formula is C22H20ClFN2O3. The van der Waals surface area contributed by atoms with Crippen molar-refractivity contribution in [2.45, 2.75) is 25.8 Å². The third-order valence-electron chi connectivity index (χ3n) is 4.91. The van der Waals surface area contributed by atoms with E-state index in [-0.39, 0.29) is 11.7 Å². The van der Waals surface area contributed by atoms with Crippen LogP contribution in [0.15, 0.2) is 53.1 Å². The lowest BCUT2D eigenvalue weighted by Crippen LogP contribution is -2.36. The van der Waals surface area contributed by atoms with Crippen LogP contribution in [-0.4, -0.2) is 29.1 Å². The Morgan fingerprint density at radius 1 is 1.17 bits per heavy atom. The number of hydrogen-bond acceptors (Lipinski definition) is 4. The van der Waals surface area contributed by atoms with Crippen molar-refractivity contribution < 1.29 is 18.4 Å². The van der Waals surface area contributed by atoms with E-state index in [4.69, 9.17) is 20.9 Å². The molecule has 2 heterocycles. The van der Waals surface area contributed by atoms with Gasteiger partial charge < -0.3 is 14.2 Å². The summed E-state index contributed by atoms with van der Waals surface area (Å²) in [6, 6.07) is 13.2. The van der Waals surface area contributed by atoms with E-state index in [0.29, 0.717) is 49.7 Å². The standard InChI is InChI=1S/C22H20ClFN2O3/c23-16-5-9-18(10-6-16)28-13-1-2-21(27)26-12-11-20-19(14-26)22(29-25-20)15-3-7-17(24)8-4-15/h3-10H,1-2,11-14H2. The fourth-order valence-electron chi connectivity index (χ4n) is 3.36. The number of hydrogen-bond donors (Lipinski definition) is 0. The van der Waals surface area contributed by atoms with Gasteiger partial charge >= 0.3 is 0 Å². The summed E-state index contributed by atoms with van der Waals surface area (Å²) in [5, 5.41) is 4.79. The van der Waals surface area contributed by atoms with Crippen LogP contribution < -0.4 is 4.74 Å². The zero-order valence-corrected chi connectivity index (χ0v) is 16.5. The van der Waals surface area contributed by atoms with E-state index in [1.165, 1.54) is 12.1 Å². The first kappa shape index (κ1) is 19.5. The van der Waals surface area contributed by atoms with Gasteiger partial charge in [0.25, 0.3) is 0 Å². The Kier molecular flexibility index (Phi) is 5.81. The highest BCUT2D eigenvalue weighted by atomic mass is 35.5. The van der Waals surface area contributed by atoms with Gasteiger partial charge in [-0.1, -0.05) is 16.8 Å². The average molecular weight is 415 g/mol. The van der Waals surface area contributed by atoms with Gasteiger partial charge in [0.1, 0.15) is 11.6 Å². The molecule has 0 unspecified atom stereocenters. The normalized spacial score (nSPS) is 13.2. The predicted octanol–water partition coefficient (Wildman–Crippen LogP) is 4.88. The molecule has 5 nitrogen and oxygen atoms in total.